The molecule has 0 aliphatic heterocycles. The van der Waals surface area contributed by atoms with Crippen molar-refractivity contribution < 1.29 is 9.47 Å². The number of methoxy groups -OCH3 is 1. The highest BCUT2D eigenvalue weighted by Crippen LogP contribution is 2.28. The first-order valence-corrected chi connectivity index (χ1v) is 6.55. The maximum atomic E-state index is 6.16. The van der Waals surface area contributed by atoms with E-state index < -0.39 is 0 Å². The molecule has 96 valence electrons. The molecule has 0 aromatic heterocycles. The van der Waals surface area contributed by atoms with Crippen LogP contribution in [-0.4, -0.2) is 32.0 Å². The van der Waals surface area contributed by atoms with Gasteiger partial charge < -0.3 is 15.2 Å². The lowest BCUT2D eigenvalue weighted by Gasteiger charge is -2.33. The first kappa shape index (κ1) is 13.9. The van der Waals surface area contributed by atoms with Gasteiger partial charge in [0.25, 0.3) is 0 Å². The highest BCUT2D eigenvalue weighted by molar-refractivity contribution is 4.82. The molecule has 1 fully saturated rings. The fourth-order valence-electron chi connectivity index (χ4n) is 2.58. The van der Waals surface area contributed by atoms with Crippen LogP contribution < -0.4 is 5.73 Å². The minimum atomic E-state index is 0.00972. The first-order chi connectivity index (χ1) is 7.65. The normalized spacial score (nSPS) is 22.3. The molecule has 2 atom stereocenters. The molecular formula is C13H27NO2. The first-order valence-electron chi connectivity index (χ1n) is 6.55. The van der Waals surface area contributed by atoms with Crippen LogP contribution in [-0.2, 0) is 9.47 Å². The van der Waals surface area contributed by atoms with Gasteiger partial charge in [0.15, 0.2) is 0 Å². The van der Waals surface area contributed by atoms with Crippen LogP contribution in [0.15, 0.2) is 0 Å². The highest BCUT2D eigenvalue weighted by atomic mass is 16.5. The Kier molecular flexibility index (Phi) is 6.32. The number of rotatable bonds is 6. The zero-order valence-corrected chi connectivity index (χ0v) is 10.9. The van der Waals surface area contributed by atoms with Crippen molar-refractivity contribution in [3.63, 3.8) is 0 Å². The van der Waals surface area contributed by atoms with Crippen LogP contribution in [0, 0.1) is 5.92 Å². The standard InChI is InChI=1S/C13H27NO2/c1-10(2)16-9-12(14)13(15-3)11-7-5-4-6-8-11/h10-13H,4-9,14H2,1-3H3. The Morgan fingerprint density at radius 1 is 1.19 bits per heavy atom. The summed E-state index contributed by atoms with van der Waals surface area (Å²) in [6, 6.07) is 0.00972. The molecule has 3 heteroatoms. The van der Waals surface area contributed by atoms with E-state index in [1.807, 2.05) is 13.8 Å². The van der Waals surface area contributed by atoms with Gasteiger partial charge in [0.1, 0.15) is 0 Å². The summed E-state index contributed by atoms with van der Waals surface area (Å²) in [4.78, 5) is 0. The molecule has 0 saturated heterocycles. The van der Waals surface area contributed by atoms with Gasteiger partial charge >= 0.3 is 0 Å². The van der Waals surface area contributed by atoms with Crippen molar-refractivity contribution in [2.45, 2.75) is 64.2 Å². The second kappa shape index (κ2) is 7.25. The summed E-state index contributed by atoms with van der Waals surface area (Å²) in [6.07, 6.45) is 6.94. The lowest BCUT2D eigenvalue weighted by molar-refractivity contribution is -0.0206. The lowest BCUT2D eigenvalue weighted by atomic mass is 9.83. The number of hydrogen-bond acceptors (Lipinski definition) is 3. The molecule has 16 heavy (non-hydrogen) atoms. The van der Waals surface area contributed by atoms with Crippen LogP contribution in [0.25, 0.3) is 0 Å². The molecule has 2 N–H and O–H groups in total. The third kappa shape index (κ3) is 4.40. The van der Waals surface area contributed by atoms with Gasteiger partial charge in [0.2, 0.25) is 0 Å². The third-order valence-corrected chi connectivity index (χ3v) is 3.43. The van der Waals surface area contributed by atoms with E-state index in [1.165, 1.54) is 32.1 Å². The summed E-state index contributed by atoms with van der Waals surface area (Å²) >= 11 is 0. The van der Waals surface area contributed by atoms with Crippen molar-refractivity contribution in [1.82, 2.24) is 0 Å². The topological polar surface area (TPSA) is 44.5 Å². The Bertz CT molecular complexity index is 179. The number of ether oxygens (including phenoxy) is 2. The van der Waals surface area contributed by atoms with E-state index in [2.05, 4.69) is 0 Å². The SMILES string of the molecule is COC(C(N)COC(C)C)C1CCCCC1. The van der Waals surface area contributed by atoms with E-state index in [4.69, 9.17) is 15.2 Å². The summed E-state index contributed by atoms with van der Waals surface area (Å²) in [5.41, 5.74) is 6.16. The van der Waals surface area contributed by atoms with Gasteiger partial charge in [0.05, 0.1) is 24.9 Å². The number of nitrogens with two attached hydrogens (primary N) is 1. The lowest BCUT2D eigenvalue weighted by Crippen LogP contribution is -2.45. The molecule has 1 rings (SSSR count). The molecule has 0 aromatic rings. The van der Waals surface area contributed by atoms with Crippen molar-refractivity contribution in [3.8, 4) is 0 Å². The Morgan fingerprint density at radius 3 is 2.31 bits per heavy atom. The molecule has 0 heterocycles. The van der Waals surface area contributed by atoms with Crippen LogP contribution in [0.5, 0.6) is 0 Å². The summed E-state index contributed by atoms with van der Waals surface area (Å²) < 4.78 is 11.2. The van der Waals surface area contributed by atoms with E-state index in [9.17, 15) is 0 Å². The maximum absolute atomic E-state index is 6.16. The Hall–Kier alpha value is -0.120. The zero-order valence-electron chi connectivity index (χ0n) is 10.9. The van der Waals surface area contributed by atoms with Gasteiger partial charge in [-0.3, -0.25) is 0 Å². The van der Waals surface area contributed by atoms with Crippen LogP contribution in [0.4, 0.5) is 0 Å². The molecule has 0 bridgehead atoms. The number of hydrogen-bond donors (Lipinski definition) is 1. The fraction of sp³-hybridized carbons (Fsp3) is 1.00. The van der Waals surface area contributed by atoms with Gasteiger partial charge in [-0.1, -0.05) is 19.3 Å². The monoisotopic (exact) mass is 229 g/mol. The van der Waals surface area contributed by atoms with Gasteiger partial charge in [-0.2, -0.15) is 0 Å². The van der Waals surface area contributed by atoms with Crippen LogP contribution in [0.2, 0.25) is 0 Å². The average molecular weight is 229 g/mol. The summed E-state index contributed by atoms with van der Waals surface area (Å²) in [6.45, 7) is 4.68. The molecule has 1 aliphatic carbocycles. The Balaban J connectivity index is 2.38. The highest BCUT2D eigenvalue weighted by Gasteiger charge is 2.28. The molecule has 0 radical (unpaired) electrons. The van der Waals surface area contributed by atoms with Gasteiger partial charge in [-0.25, -0.2) is 0 Å². The molecule has 2 unspecified atom stereocenters. The van der Waals surface area contributed by atoms with Gasteiger partial charge in [0, 0.05) is 7.11 Å². The van der Waals surface area contributed by atoms with Gasteiger partial charge in [-0.05, 0) is 32.6 Å². The van der Waals surface area contributed by atoms with Crippen molar-refractivity contribution in [3.05, 3.63) is 0 Å². The molecule has 0 aromatic carbocycles. The predicted molar refractivity (Wildman–Crippen MR) is 66.4 cm³/mol. The fourth-order valence-corrected chi connectivity index (χ4v) is 2.58. The maximum Gasteiger partial charge on any atom is 0.0772 e. The second-order valence-corrected chi connectivity index (χ2v) is 5.14. The van der Waals surface area contributed by atoms with Crippen LogP contribution in [0.3, 0.4) is 0 Å². The molecule has 0 amide bonds. The van der Waals surface area contributed by atoms with E-state index >= 15 is 0 Å². The van der Waals surface area contributed by atoms with E-state index in [0.29, 0.717) is 12.5 Å². The van der Waals surface area contributed by atoms with Crippen molar-refractivity contribution in [2.24, 2.45) is 11.7 Å². The molecule has 3 nitrogen and oxygen atoms in total. The summed E-state index contributed by atoms with van der Waals surface area (Å²) in [5, 5.41) is 0. The Morgan fingerprint density at radius 2 is 1.81 bits per heavy atom. The van der Waals surface area contributed by atoms with Gasteiger partial charge in [-0.15, -0.1) is 0 Å². The summed E-state index contributed by atoms with van der Waals surface area (Å²) in [7, 11) is 1.77. The quantitative estimate of drug-likeness (QED) is 0.760. The average Bonchev–Trinajstić information content (AvgIpc) is 2.29. The van der Waals surface area contributed by atoms with E-state index in [-0.39, 0.29) is 18.2 Å². The molecular weight excluding hydrogens is 202 g/mol. The van der Waals surface area contributed by atoms with E-state index in [0.717, 1.165) is 0 Å². The largest absolute Gasteiger partial charge is 0.379 e. The molecule has 1 aliphatic rings. The van der Waals surface area contributed by atoms with Crippen molar-refractivity contribution >= 4 is 0 Å². The smallest absolute Gasteiger partial charge is 0.0772 e. The minimum absolute atomic E-state index is 0.00972. The third-order valence-electron chi connectivity index (χ3n) is 3.43. The zero-order chi connectivity index (χ0) is 12.0. The van der Waals surface area contributed by atoms with Crippen molar-refractivity contribution in [1.29, 1.82) is 0 Å². The molecule has 1 saturated carbocycles. The molecule has 0 spiro atoms. The van der Waals surface area contributed by atoms with Crippen molar-refractivity contribution in [2.75, 3.05) is 13.7 Å². The van der Waals surface area contributed by atoms with Crippen LogP contribution >= 0.6 is 0 Å². The minimum Gasteiger partial charge on any atom is -0.379 e. The van der Waals surface area contributed by atoms with E-state index in [1.54, 1.807) is 7.11 Å². The van der Waals surface area contributed by atoms with Crippen LogP contribution in [0.1, 0.15) is 46.0 Å². The Labute approximate surface area is 99.7 Å². The summed E-state index contributed by atoms with van der Waals surface area (Å²) in [5.74, 6) is 0.629. The second-order valence-electron chi connectivity index (χ2n) is 5.14. The predicted octanol–water partition coefficient (Wildman–Crippen LogP) is 2.33.